The van der Waals surface area contributed by atoms with Gasteiger partial charge in [0.25, 0.3) is 0 Å². The summed E-state index contributed by atoms with van der Waals surface area (Å²) in [5.74, 6) is 0.327. The molecule has 3 aromatic rings. The monoisotopic (exact) mass is 434 g/mol. The van der Waals surface area contributed by atoms with E-state index in [1.54, 1.807) is 25.5 Å². The summed E-state index contributed by atoms with van der Waals surface area (Å²) in [7, 11) is 3.61. The molecule has 0 spiro atoms. The van der Waals surface area contributed by atoms with Crippen LogP contribution in [0.15, 0.2) is 41.0 Å². The van der Waals surface area contributed by atoms with Gasteiger partial charge in [-0.2, -0.15) is 5.10 Å². The smallest absolute Gasteiger partial charge is 0.166 e. The highest BCUT2D eigenvalue weighted by Crippen LogP contribution is 2.37. The van der Waals surface area contributed by atoms with Crippen LogP contribution in [0.5, 0.6) is 5.75 Å². The Morgan fingerprint density at radius 3 is 2.81 bits per heavy atom. The van der Waals surface area contributed by atoms with Crippen molar-refractivity contribution in [3.05, 3.63) is 64.4 Å². The summed E-state index contributed by atoms with van der Waals surface area (Å²) >= 11 is 0. The van der Waals surface area contributed by atoms with Gasteiger partial charge in [-0.15, -0.1) is 0 Å². The summed E-state index contributed by atoms with van der Waals surface area (Å²) < 4.78 is 22.2. The van der Waals surface area contributed by atoms with E-state index < -0.39 is 6.10 Å². The lowest BCUT2D eigenvalue weighted by Crippen LogP contribution is -2.14. The molecule has 0 radical (unpaired) electrons. The zero-order valence-corrected chi connectivity index (χ0v) is 18.7. The third-order valence-electron chi connectivity index (χ3n) is 5.78. The van der Waals surface area contributed by atoms with Crippen molar-refractivity contribution < 1.29 is 9.13 Å². The number of rotatable bonds is 2. The molecule has 1 aliphatic heterocycles. The topological polar surface area (TPSA) is 104 Å². The first kappa shape index (κ1) is 21.5. The van der Waals surface area contributed by atoms with Gasteiger partial charge in [0.05, 0.1) is 11.4 Å². The standard InChI is InChI=1S/C24H27FN6O/c1-5-19-22-14-9-21(24(27)29-12-14)32-13(2)18-10-16(25)6-7-17(18)23(26)15(11-28-3)8-20(22)31(4)30-19/h6-7,9-13H,5,8,26H2,1-4H3,(H2,27,29)/t13-/m1/s1. The number of allylic oxidation sites excluding steroid dienone is 1. The fourth-order valence-electron chi connectivity index (χ4n) is 4.18. The van der Waals surface area contributed by atoms with E-state index in [0.717, 1.165) is 34.5 Å². The van der Waals surface area contributed by atoms with E-state index in [4.69, 9.17) is 21.3 Å². The number of pyridine rings is 1. The summed E-state index contributed by atoms with van der Waals surface area (Å²) in [4.78, 5) is 8.60. The zero-order chi connectivity index (χ0) is 23.0. The highest BCUT2D eigenvalue weighted by atomic mass is 19.1. The number of aryl methyl sites for hydroxylation is 2. The number of aliphatic imine (C=N–C) groups is 1. The quantitative estimate of drug-likeness (QED) is 0.597. The van der Waals surface area contributed by atoms with Crippen LogP contribution in [0.2, 0.25) is 0 Å². The van der Waals surface area contributed by atoms with Crippen molar-refractivity contribution >= 4 is 17.7 Å². The van der Waals surface area contributed by atoms with Crippen LogP contribution in [-0.4, -0.2) is 28.0 Å². The minimum Gasteiger partial charge on any atom is -0.482 e. The molecule has 2 aromatic heterocycles. The minimum atomic E-state index is -0.517. The molecule has 8 heteroatoms. The van der Waals surface area contributed by atoms with Gasteiger partial charge < -0.3 is 16.2 Å². The summed E-state index contributed by atoms with van der Waals surface area (Å²) in [6.07, 6.45) is 4.20. The Hall–Kier alpha value is -3.68. The molecule has 0 aliphatic carbocycles. The highest BCUT2D eigenvalue weighted by Gasteiger charge is 2.24. The fraction of sp³-hybridized carbons (Fsp3) is 0.292. The number of anilines is 1. The van der Waals surface area contributed by atoms with Crippen molar-refractivity contribution in [2.75, 3.05) is 12.8 Å². The summed E-state index contributed by atoms with van der Waals surface area (Å²) in [6.45, 7) is 3.90. The molecule has 0 fully saturated rings. The first-order valence-corrected chi connectivity index (χ1v) is 10.5. The molecule has 0 saturated heterocycles. The second kappa shape index (κ2) is 8.45. The van der Waals surface area contributed by atoms with Crippen molar-refractivity contribution in [2.24, 2.45) is 17.8 Å². The van der Waals surface area contributed by atoms with E-state index in [2.05, 4.69) is 16.9 Å². The normalized spacial score (nSPS) is 16.2. The van der Waals surface area contributed by atoms with Gasteiger partial charge in [-0.3, -0.25) is 9.67 Å². The van der Waals surface area contributed by atoms with Crippen molar-refractivity contribution in [1.82, 2.24) is 14.8 Å². The molecule has 166 valence electrons. The first-order valence-electron chi connectivity index (χ1n) is 10.5. The van der Waals surface area contributed by atoms with E-state index in [-0.39, 0.29) is 11.6 Å². The predicted octanol–water partition coefficient (Wildman–Crippen LogP) is 3.83. The van der Waals surface area contributed by atoms with Gasteiger partial charge in [-0.25, -0.2) is 9.37 Å². The molecule has 3 heterocycles. The third kappa shape index (κ3) is 3.72. The largest absolute Gasteiger partial charge is 0.482 e. The van der Waals surface area contributed by atoms with Gasteiger partial charge in [0.2, 0.25) is 0 Å². The van der Waals surface area contributed by atoms with Crippen LogP contribution in [-0.2, 0) is 19.9 Å². The summed E-state index contributed by atoms with van der Waals surface area (Å²) in [5.41, 5.74) is 19.2. The minimum absolute atomic E-state index is 0.265. The Labute approximate surface area is 186 Å². The summed E-state index contributed by atoms with van der Waals surface area (Å²) in [5, 5.41) is 4.73. The van der Waals surface area contributed by atoms with Crippen LogP contribution in [0, 0.1) is 5.82 Å². The Morgan fingerprint density at radius 2 is 2.09 bits per heavy atom. The number of fused-ring (bicyclic) bond motifs is 5. The van der Waals surface area contributed by atoms with E-state index in [1.807, 2.05) is 24.7 Å². The molecular weight excluding hydrogens is 407 g/mol. The van der Waals surface area contributed by atoms with Crippen LogP contribution in [0.4, 0.5) is 10.2 Å². The molecule has 1 atom stereocenters. The molecule has 4 N–H and O–H groups in total. The average molecular weight is 435 g/mol. The van der Waals surface area contributed by atoms with Crippen molar-refractivity contribution in [3.8, 4) is 16.9 Å². The molecule has 1 aliphatic rings. The molecular formula is C24H27FN6O. The number of hydrogen-bond donors (Lipinski definition) is 2. The average Bonchev–Trinajstić information content (AvgIpc) is 3.09. The Balaban J connectivity index is 2.07. The zero-order valence-electron chi connectivity index (χ0n) is 18.7. The molecule has 2 bridgehead atoms. The van der Waals surface area contributed by atoms with Crippen molar-refractivity contribution in [2.45, 2.75) is 32.8 Å². The SMILES string of the molecule is CCc1nn(C)c2c1-c1cnc(N)c(c1)O[C@H](C)c1cc(F)ccc1C(N)=C(C=NC)C2. The maximum Gasteiger partial charge on any atom is 0.166 e. The Bertz CT molecular complexity index is 1240. The Morgan fingerprint density at radius 1 is 1.31 bits per heavy atom. The molecule has 7 nitrogen and oxygen atoms in total. The van der Waals surface area contributed by atoms with Crippen LogP contribution < -0.4 is 16.2 Å². The molecule has 32 heavy (non-hydrogen) atoms. The van der Waals surface area contributed by atoms with Crippen LogP contribution >= 0.6 is 0 Å². The molecule has 0 saturated carbocycles. The molecule has 4 rings (SSSR count). The Kier molecular flexibility index (Phi) is 5.69. The molecule has 0 unspecified atom stereocenters. The predicted molar refractivity (Wildman–Crippen MR) is 125 cm³/mol. The van der Waals surface area contributed by atoms with E-state index in [0.29, 0.717) is 29.0 Å². The van der Waals surface area contributed by atoms with Crippen LogP contribution in [0.3, 0.4) is 0 Å². The molecule has 1 aromatic carbocycles. The summed E-state index contributed by atoms with van der Waals surface area (Å²) in [6, 6.07) is 6.39. The number of nitrogens with two attached hydrogens (primary N) is 2. The van der Waals surface area contributed by atoms with Gasteiger partial charge in [0.1, 0.15) is 11.9 Å². The second-order valence-electron chi connectivity index (χ2n) is 7.85. The number of nitrogens with zero attached hydrogens (tertiary/aromatic N) is 4. The first-order chi connectivity index (χ1) is 15.3. The van der Waals surface area contributed by atoms with Crippen LogP contribution in [0.1, 0.15) is 42.5 Å². The second-order valence-corrected chi connectivity index (χ2v) is 7.85. The van der Waals surface area contributed by atoms with Crippen molar-refractivity contribution in [1.29, 1.82) is 0 Å². The van der Waals surface area contributed by atoms with Gasteiger partial charge in [0, 0.05) is 60.9 Å². The van der Waals surface area contributed by atoms with Crippen molar-refractivity contribution in [3.63, 3.8) is 0 Å². The van der Waals surface area contributed by atoms with Gasteiger partial charge in [-0.1, -0.05) is 6.92 Å². The van der Waals surface area contributed by atoms with Crippen LogP contribution in [0.25, 0.3) is 16.8 Å². The number of nitrogen functional groups attached to an aromatic ring is 1. The van der Waals surface area contributed by atoms with E-state index in [9.17, 15) is 4.39 Å². The number of halogens is 1. The maximum atomic E-state index is 14.2. The van der Waals surface area contributed by atoms with Gasteiger partial charge in [-0.05, 0) is 43.2 Å². The molecule has 0 amide bonds. The number of benzene rings is 1. The maximum absolute atomic E-state index is 14.2. The third-order valence-corrected chi connectivity index (χ3v) is 5.78. The lowest BCUT2D eigenvalue weighted by molar-refractivity contribution is 0.227. The fourth-order valence-corrected chi connectivity index (χ4v) is 4.18. The lowest BCUT2D eigenvalue weighted by Gasteiger charge is -2.22. The number of hydrogen-bond acceptors (Lipinski definition) is 6. The van der Waals surface area contributed by atoms with E-state index in [1.165, 1.54) is 12.1 Å². The number of ether oxygens (including phenoxy) is 1. The highest BCUT2D eigenvalue weighted by molar-refractivity contribution is 5.91. The van der Waals surface area contributed by atoms with Gasteiger partial charge in [0.15, 0.2) is 11.6 Å². The van der Waals surface area contributed by atoms with E-state index >= 15 is 0 Å². The lowest BCUT2D eigenvalue weighted by atomic mass is 9.93. The van der Waals surface area contributed by atoms with Gasteiger partial charge >= 0.3 is 0 Å². The number of aromatic nitrogens is 3.